The molecule has 0 aromatic heterocycles. The fourth-order valence-corrected chi connectivity index (χ4v) is 9.26. The molecule has 7 atom stereocenters. The minimum atomic E-state index is -0.715. The summed E-state index contributed by atoms with van der Waals surface area (Å²) in [7, 11) is 0. The zero-order valence-electron chi connectivity index (χ0n) is 22.3. The summed E-state index contributed by atoms with van der Waals surface area (Å²) in [5.74, 6) is -0.196. The van der Waals surface area contributed by atoms with Crippen molar-refractivity contribution in [2.75, 3.05) is 0 Å². The number of rotatable bonds is 6. The zero-order valence-corrected chi connectivity index (χ0v) is 22.3. The molecule has 1 unspecified atom stereocenters. The van der Waals surface area contributed by atoms with Crippen molar-refractivity contribution in [3.63, 3.8) is 0 Å². The quantitative estimate of drug-likeness (QED) is 0.422. The summed E-state index contributed by atoms with van der Waals surface area (Å²) in [4.78, 5) is 25.3. The maximum absolute atomic E-state index is 12.8. The van der Waals surface area contributed by atoms with E-state index >= 15 is 0 Å². The highest BCUT2D eigenvalue weighted by Crippen LogP contribution is 2.72. The lowest BCUT2D eigenvalue weighted by molar-refractivity contribution is -0.147. The average Bonchev–Trinajstić information content (AvgIpc) is 3.02. The molecule has 4 heteroatoms. The van der Waals surface area contributed by atoms with E-state index in [2.05, 4.69) is 41.2 Å². The largest absolute Gasteiger partial charge is 0.481 e. The van der Waals surface area contributed by atoms with Crippen LogP contribution in [0.1, 0.15) is 106 Å². The lowest BCUT2D eigenvalue weighted by Crippen LogP contribution is -2.54. The van der Waals surface area contributed by atoms with Crippen LogP contribution in [0.4, 0.5) is 0 Å². The fraction of sp³-hybridized carbons (Fsp3) is 0.800. The smallest absolute Gasteiger partial charge is 0.306 e. The molecule has 0 heterocycles. The van der Waals surface area contributed by atoms with Crippen molar-refractivity contribution >= 4 is 11.8 Å². The van der Waals surface area contributed by atoms with E-state index in [1.807, 2.05) is 0 Å². The van der Waals surface area contributed by atoms with Crippen LogP contribution in [-0.2, 0) is 9.59 Å². The van der Waals surface area contributed by atoms with E-state index in [0.717, 1.165) is 44.9 Å². The second-order valence-electron chi connectivity index (χ2n) is 13.4. The summed E-state index contributed by atoms with van der Waals surface area (Å²) in [5, 5.41) is 20.5. The molecular weight excluding hydrogens is 424 g/mol. The lowest BCUT2D eigenvalue weighted by atomic mass is 9.43. The van der Waals surface area contributed by atoms with E-state index in [1.54, 1.807) is 18.1 Å². The molecule has 0 aliphatic heterocycles. The van der Waals surface area contributed by atoms with Crippen molar-refractivity contribution in [2.45, 2.75) is 112 Å². The van der Waals surface area contributed by atoms with Gasteiger partial charge < -0.3 is 10.2 Å². The third kappa shape index (κ3) is 3.49. The Balaban J connectivity index is 1.68. The van der Waals surface area contributed by atoms with Gasteiger partial charge in [-0.2, -0.15) is 0 Å². The van der Waals surface area contributed by atoms with Gasteiger partial charge in [0, 0.05) is 11.8 Å². The van der Waals surface area contributed by atoms with Crippen LogP contribution < -0.4 is 0 Å². The standard InChI is InChI=1S/C30H46O4/c1-18(2)23(31)10-8-19(26(33)34)20-12-16-30(7)22-9-11-24-27(3,4)25(32)14-15-28(24,5)21(22)13-17-29(20,30)6/h19-20,23-24,31H,1,8-17H2,2-7H3,(H,33,34)/t19-,20-,23?,24+,28-,29-,30+/m1/s1. The first-order valence-electron chi connectivity index (χ1n) is 13.5. The number of ketones is 1. The molecule has 4 nitrogen and oxygen atoms in total. The predicted octanol–water partition coefficient (Wildman–Crippen LogP) is 6.72. The average molecular weight is 471 g/mol. The molecule has 0 amide bonds. The number of Topliss-reactive ketones (excluding diaryl/α,β-unsaturated/α-hetero) is 1. The Morgan fingerprint density at radius 3 is 2.29 bits per heavy atom. The number of carbonyl (C=O) groups is 2. The second-order valence-corrected chi connectivity index (χ2v) is 13.4. The highest BCUT2D eigenvalue weighted by atomic mass is 16.4. The second kappa shape index (κ2) is 8.32. The Hall–Kier alpha value is -1.42. The zero-order chi connectivity index (χ0) is 25.3. The summed E-state index contributed by atoms with van der Waals surface area (Å²) in [5.41, 5.74) is 3.73. The molecule has 2 saturated carbocycles. The molecule has 4 aliphatic carbocycles. The van der Waals surface area contributed by atoms with E-state index in [9.17, 15) is 19.8 Å². The van der Waals surface area contributed by atoms with Crippen LogP contribution in [0.5, 0.6) is 0 Å². The number of aliphatic hydroxyl groups is 1. The summed E-state index contributed by atoms with van der Waals surface area (Å²) in [6.07, 6.45) is 8.15. The molecule has 0 spiro atoms. The van der Waals surface area contributed by atoms with Crippen LogP contribution in [0, 0.1) is 39.4 Å². The van der Waals surface area contributed by atoms with Crippen molar-refractivity contribution in [2.24, 2.45) is 39.4 Å². The molecule has 0 saturated heterocycles. The number of aliphatic carboxylic acids is 1. The van der Waals surface area contributed by atoms with Gasteiger partial charge in [0.05, 0.1) is 12.0 Å². The first-order chi connectivity index (χ1) is 15.7. The molecule has 190 valence electrons. The number of carboxylic acids is 1. The van der Waals surface area contributed by atoms with Gasteiger partial charge in [-0.25, -0.2) is 0 Å². The van der Waals surface area contributed by atoms with Crippen molar-refractivity contribution in [1.29, 1.82) is 0 Å². The number of carboxylic acid groups (broad SMARTS) is 1. The number of hydrogen-bond acceptors (Lipinski definition) is 3. The summed E-state index contributed by atoms with van der Waals surface area (Å²) in [6, 6.07) is 0. The van der Waals surface area contributed by atoms with Gasteiger partial charge in [-0.15, -0.1) is 0 Å². The van der Waals surface area contributed by atoms with Gasteiger partial charge in [-0.1, -0.05) is 57.9 Å². The minimum Gasteiger partial charge on any atom is -0.481 e. The molecule has 34 heavy (non-hydrogen) atoms. The molecule has 2 fully saturated rings. The Bertz CT molecular complexity index is 928. The van der Waals surface area contributed by atoms with Crippen LogP contribution in [-0.4, -0.2) is 28.1 Å². The number of aliphatic hydroxyl groups excluding tert-OH is 1. The van der Waals surface area contributed by atoms with Gasteiger partial charge in [0.1, 0.15) is 5.78 Å². The van der Waals surface area contributed by atoms with E-state index in [-0.39, 0.29) is 27.6 Å². The Labute approximate surface area is 206 Å². The van der Waals surface area contributed by atoms with Crippen molar-refractivity contribution < 1.29 is 19.8 Å². The van der Waals surface area contributed by atoms with Crippen LogP contribution >= 0.6 is 0 Å². The normalized spacial score (nSPS) is 40.7. The molecule has 2 N–H and O–H groups in total. The van der Waals surface area contributed by atoms with Crippen LogP contribution in [0.3, 0.4) is 0 Å². The van der Waals surface area contributed by atoms with Crippen molar-refractivity contribution in [1.82, 2.24) is 0 Å². The van der Waals surface area contributed by atoms with Crippen LogP contribution in [0.25, 0.3) is 0 Å². The van der Waals surface area contributed by atoms with Gasteiger partial charge in [-0.3, -0.25) is 9.59 Å². The molecule has 0 aromatic rings. The lowest BCUT2D eigenvalue weighted by Gasteiger charge is -2.60. The van der Waals surface area contributed by atoms with Gasteiger partial charge in [0.2, 0.25) is 0 Å². The maximum atomic E-state index is 12.8. The van der Waals surface area contributed by atoms with Crippen molar-refractivity contribution in [3.05, 3.63) is 23.3 Å². The number of allylic oxidation sites excluding steroid dienone is 2. The monoisotopic (exact) mass is 470 g/mol. The fourth-order valence-electron chi connectivity index (χ4n) is 9.26. The Morgan fingerprint density at radius 1 is 1.00 bits per heavy atom. The molecule has 0 aromatic carbocycles. The van der Waals surface area contributed by atoms with Crippen LogP contribution in [0.15, 0.2) is 23.3 Å². The Morgan fingerprint density at radius 2 is 1.68 bits per heavy atom. The third-order valence-electron chi connectivity index (χ3n) is 11.7. The van der Waals surface area contributed by atoms with Gasteiger partial charge in [-0.05, 0) is 92.8 Å². The summed E-state index contributed by atoms with van der Waals surface area (Å²) < 4.78 is 0. The molecule has 0 bridgehead atoms. The first-order valence-corrected chi connectivity index (χ1v) is 13.5. The molecule has 0 radical (unpaired) electrons. The van der Waals surface area contributed by atoms with E-state index in [4.69, 9.17) is 0 Å². The predicted molar refractivity (Wildman–Crippen MR) is 135 cm³/mol. The highest BCUT2D eigenvalue weighted by molar-refractivity contribution is 5.85. The minimum absolute atomic E-state index is 0.0193. The highest BCUT2D eigenvalue weighted by Gasteiger charge is 2.64. The summed E-state index contributed by atoms with van der Waals surface area (Å²) in [6.45, 7) is 17.2. The third-order valence-corrected chi connectivity index (χ3v) is 11.7. The number of hydrogen-bond donors (Lipinski definition) is 2. The molecule has 4 aliphatic rings. The Kier molecular flexibility index (Phi) is 6.28. The summed E-state index contributed by atoms with van der Waals surface area (Å²) >= 11 is 0. The van der Waals surface area contributed by atoms with Crippen LogP contribution in [0.2, 0.25) is 0 Å². The van der Waals surface area contributed by atoms with Gasteiger partial charge >= 0.3 is 5.97 Å². The first kappa shape index (κ1) is 25.7. The van der Waals surface area contributed by atoms with Crippen molar-refractivity contribution in [3.8, 4) is 0 Å². The van der Waals surface area contributed by atoms with Gasteiger partial charge in [0.25, 0.3) is 0 Å². The SMILES string of the molecule is C=C(C)C(O)CC[C@@H](C(=O)O)[C@H]1CC[C@@]2(C)C3=C(CC[C@]12C)[C@@]1(C)CCC(=O)C(C)(C)[C@@H]1CC3. The number of carbonyl (C=O) groups excluding carboxylic acids is 1. The van der Waals surface area contributed by atoms with E-state index < -0.39 is 18.0 Å². The van der Waals surface area contributed by atoms with Gasteiger partial charge in [0.15, 0.2) is 0 Å². The molecule has 4 rings (SSSR count). The van der Waals surface area contributed by atoms with E-state index in [0.29, 0.717) is 36.5 Å². The topological polar surface area (TPSA) is 74.6 Å². The molecular formula is C30H46O4. The van der Waals surface area contributed by atoms with E-state index in [1.165, 1.54) is 0 Å². The maximum Gasteiger partial charge on any atom is 0.306 e. The number of fused-ring (bicyclic) bond motifs is 4.